The van der Waals surface area contributed by atoms with Crippen molar-refractivity contribution >= 4 is 39.8 Å². The van der Waals surface area contributed by atoms with Gasteiger partial charge in [-0.1, -0.05) is 18.6 Å². The molecule has 1 fully saturated rings. The summed E-state index contributed by atoms with van der Waals surface area (Å²) in [7, 11) is 0. The highest BCUT2D eigenvalue weighted by atomic mass is 16.5. The minimum Gasteiger partial charge on any atom is -0.459 e. The molecule has 0 amide bonds. The number of hydrogen-bond donors (Lipinski definition) is 1. The number of benzene rings is 2. The molecule has 0 saturated heterocycles. The number of rotatable bonds is 4. The van der Waals surface area contributed by atoms with E-state index in [1.54, 1.807) is 28.8 Å². The van der Waals surface area contributed by atoms with Crippen molar-refractivity contribution in [2.45, 2.75) is 45.1 Å². The van der Waals surface area contributed by atoms with Crippen molar-refractivity contribution in [2.75, 3.05) is 5.73 Å². The first kappa shape index (κ1) is 20.2. The number of carbonyl (C=O) groups excluding carboxylic acids is 2. The molecular weight excluding hydrogens is 404 g/mol. The van der Waals surface area contributed by atoms with Crippen LogP contribution in [0.4, 0.5) is 5.82 Å². The Morgan fingerprint density at radius 3 is 2.28 bits per heavy atom. The monoisotopic (exact) mass is 428 g/mol. The predicted octanol–water partition coefficient (Wildman–Crippen LogP) is 4.85. The highest BCUT2D eigenvalue weighted by Gasteiger charge is 2.28. The number of nitrogens with zero attached hydrogens (tertiary/aromatic N) is 3. The van der Waals surface area contributed by atoms with Crippen molar-refractivity contribution in [1.82, 2.24) is 14.5 Å². The Hall–Kier alpha value is -3.74. The predicted molar refractivity (Wildman–Crippen MR) is 123 cm³/mol. The minimum absolute atomic E-state index is 0.0237. The summed E-state index contributed by atoms with van der Waals surface area (Å²) in [5.74, 6) is -0.265. The summed E-state index contributed by atoms with van der Waals surface area (Å²) in [5.41, 5.74) is 10.3. The first-order chi connectivity index (χ1) is 15.5. The summed E-state index contributed by atoms with van der Waals surface area (Å²) >= 11 is 0. The van der Waals surface area contributed by atoms with Crippen LogP contribution in [-0.4, -0.2) is 32.4 Å². The topological polar surface area (TPSA) is 100 Å². The molecule has 7 nitrogen and oxygen atoms in total. The molecule has 0 spiro atoms. The number of Topliss-reactive ketones (excluding diaryl/α,β-unsaturated/α-hetero) is 1. The Kier molecular flexibility index (Phi) is 5.09. The number of fused-ring (bicyclic) bond motifs is 2. The third kappa shape index (κ3) is 3.49. The van der Waals surface area contributed by atoms with Crippen LogP contribution < -0.4 is 5.73 Å². The van der Waals surface area contributed by atoms with Crippen LogP contribution in [0.5, 0.6) is 0 Å². The highest BCUT2D eigenvalue weighted by Crippen LogP contribution is 2.32. The molecule has 0 aliphatic heterocycles. The van der Waals surface area contributed by atoms with Crippen molar-refractivity contribution in [2.24, 2.45) is 0 Å². The molecule has 0 bridgehead atoms. The average Bonchev–Trinajstić information content (AvgIpc) is 3.09. The number of aromatic nitrogens is 3. The molecular formula is C25H24N4O3. The van der Waals surface area contributed by atoms with Gasteiger partial charge in [-0.15, -0.1) is 0 Å². The number of anilines is 1. The molecule has 1 aliphatic rings. The van der Waals surface area contributed by atoms with Crippen LogP contribution in [0, 0.1) is 0 Å². The zero-order valence-electron chi connectivity index (χ0n) is 17.9. The van der Waals surface area contributed by atoms with Gasteiger partial charge < -0.3 is 10.5 Å². The summed E-state index contributed by atoms with van der Waals surface area (Å²) in [4.78, 5) is 34.4. The van der Waals surface area contributed by atoms with Gasteiger partial charge in [0.15, 0.2) is 11.4 Å². The van der Waals surface area contributed by atoms with Gasteiger partial charge in [-0.25, -0.2) is 14.8 Å². The molecule has 2 aromatic carbocycles. The van der Waals surface area contributed by atoms with Crippen molar-refractivity contribution in [3.8, 4) is 5.69 Å². The number of ether oxygens (including phenoxy) is 1. The van der Waals surface area contributed by atoms with E-state index in [9.17, 15) is 9.59 Å². The lowest BCUT2D eigenvalue weighted by atomic mass is 9.98. The largest absolute Gasteiger partial charge is 0.459 e. The van der Waals surface area contributed by atoms with Gasteiger partial charge >= 0.3 is 5.97 Å². The van der Waals surface area contributed by atoms with E-state index in [1.165, 1.54) is 13.3 Å². The zero-order valence-corrected chi connectivity index (χ0v) is 17.9. The number of hydrogen-bond acceptors (Lipinski definition) is 6. The maximum Gasteiger partial charge on any atom is 0.344 e. The third-order valence-electron chi connectivity index (χ3n) is 6.06. The average molecular weight is 428 g/mol. The van der Waals surface area contributed by atoms with Crippen LogP contribution in [0.2, 0.25) is 0 Å². The smallest absolute Gasteiger partial charge is 0.344 e. The van der Waals surface area contributed by atoms with E-state index in [2.05, 4.69) is 0 Å². The van der Waals surface area contributed by atoms with Gasteiger partial charge in [0.1, 0.15) is 23.0 Å². The summed E-state index contributed by atoms with van der Waals surface area (Å²) in [5, 5.41) is 0. The first-order valence-corrected chi connectivity index (χ1v) is 10.9. The molecule has 2 N–H and O–H groups in total. The van der Waals surface area contributed by atoms with Gasteiger partial charge in [0.05, 0.1) is 11.0 Å². The normalized spacial score (nSPS) is 14.7. The Morgan fingerprint density at radius 2 is 1.62 bits per heavy atom. The number of nitrogens with two attached hydrogens (primary N) is 1. The van der Waals surface area contributed by atoms with Gasteiger partial charge in [-0.3, -0.25) is 9.36 Å². The lowest BCUT2D eigenvalue weighted by Gasteiger charge is -2.21. The summed E-state index contributed by atoms with van der Waals surface area (Å²) in [6.07, 6.45) is 4.92. The number of esters is 1. The Balaban J connectivity index is 1.68. The molecule has 2 aromatic heterocycles. The van der Waals surface area contributed by atoms with Gasteiger partial charge in [0.25, 0.3) is 0 Å². The molecule has 32 heavy (non-hydrogen) atoms. The molecule has 5 rings (SSSR count). The quantitative estimate of drug-likeness (QED) is 0.368. The summed E-state index contributed by atoms with van der Waals surface area (Å²) in [6.45, 7) is 1.52. The van der Waals surface area contributed by atoms with E-state index in [1.807, 2.05) is 24.3 Å². The van der Waals surface area contributed by atoms with E-state index in [0.717, 1.165) is 25.7 Å². The Morgan fingerprint density at radius 1 is 0.969 bits per heavy atom. The fourth-order valence-electron chi connectivity index (χ4n) is 4.36. The first-order valence-electron chi connectivity index (χ1n) is 10.9. The molecule has 0 atom stereocenters. The molecule has 4 aromatic rings. The zero-order chi connectivity index (χ0) is 22.2. The molecule has 0 unspecified atom stereocenters. The van der Waals surface area contributed by atoms with Gasteiger partial charge in [-0.2, -0.15) is 0 Å². The summed E-state index contributed by atoms with van der Waals surface area (Å²) < 4.78 is 7.54. The Bertz CT molecular complexity index is 1340. The van der Waals surface area contributed by atoms with Gasteiger partial charge in [-0.05, 0) is 69.0 Å². The second kappa shape index (κ2) is 8.07. The standard InChI is InChI=1S/C25H24N4O3/c1-15(30)16-11-13-17(14-12-16)29-23(26)21(25(31)32-18-7-3-2-4-8-18)22-24(29)28-20-10-6-5-9-19(20)27-22/h5-6,9-14,18H,2-4,7-8,26H2,1H3. The highest BCUT2D eigenvalue weighted by molar-refractivity contribution is 6.09. The molecule has 1 aliphatic carbocycles. The number of carbonyl (C=O) groups is 2. The van der Waals surface area contributed by atoms with Crippen molar-refractivity contribution in [3.05, 3.63) is 59.7 Å². The second-order valence-electron chi connectivity index (χ2n) is 8.25. The second-order valence-corrected chi connectivity index (χ2v) is 8.25. The molecule has 162 valence electrons. The van der Waals surface area contributed by atoms with Crippen molar-refractivity contribution in [1.29, 1.82) is 0 Å². The lowest BCUT2D eigenvalue weighted by molar-refractivity contribution is 0.0214. The van der Waals surface area contributed by atoms with E-state index >= 15 is 0 Å². The molecule has 7 heteroatoms. The van der Waals surface area contributed by atoms with Crippen LogP contribution in [0.1, 0.15) is 59.7 Å². The number of nitrogen functional groups attached to an aromatic ring is 1. The van der Waals surface area contributed by atoms with Crippen molar-refractivity contribution < 1.29 is 14.3 Å². The van der Waals surface area contributed by atoms with Crippen molar-refractivity contribution in [3.63, 3.8) is 0 Å². The SMILES string of the molecule is CC(=O)c1ccc(-n2c(N)c(C(=O)OC3CCCCC3)c3nc4ccccc4nc32)cc1. The third-order valence-corrected chi connectivity index (χ3v) is 6.06. The molecule has 1 saturated carbocycles. The maximum atomic E-state index is 13.2. The number of ketones is 1. The fraction of sp³-hybridized carbons (Fsp3) is 0.280. The van der Waals surface area contributed by atoms with E-state index in [-0.39, 0.29) is 23.3 Å². The van der Waals surface area contributed by atoms with Gasteiger partial charge in [0, 0.05) is 11.3 Å². The maximum absolute atomic E-state index is 13.2. The van der Waals surface area contributed by atoms with E-state index in [0.29, 0.717) is 33.4 Å². The van der Waals surface area contributed by atoms with E-state index in [4.69, 9.17) is 20.4 Å². The van der Waals surface area contributed by atoms with Crippen LogP contribution in [0.25, 0.3) is 27.9 Å². The van der Waals surface area contributed by atoms with Crippen LogP contribution in [-0.2, 0) is 4.74 Å². The lowest BCUT2D eigenvalue weighted by Crippen LogP contribution is -2.21. The van der Waals surface area contributed by atoms with Gasteiger partial charge in [0.2, 0.25) is 0 Å². The molecule has 0 radical (unpaired) electrons. The fourth-order valence-corrected chi connectivity index (χ4v) is 4.36. The van der Waals surface area contributed by atoms with Crippen LogP contribution in [0.15, 0.2) is 48.5 Å². The minimum atomic E-state index is -0.469. The van der Waals surface area contributed by atoms with Crippen LogP contribution >= 0.6 is 0 Å². The summed E-state index contributed by atoms with van der Waals surface area (Å²) in [6, 6.07) is 14.5. The van der Waals surface area contributed by atoms with Crippen LogP contribution in [0.3, 0.4) is 0 Å². The molecule has 2 heterocycles. The van der Waals surface area contributed by atoms with E-state index < -0.39 is 5.97 Å². The Labute approximate surface area is 185 Å². The number of para-hydroxylation sites is 2.